The van der Waals surface area contributed by atoms with Gasteiger partial charge in [0, 0.05) is 6.42 Å². The van der Waals surface area contributed by atoms with Gasteiger partial charge in [-0.25, -0.2) is 0 Å². The normalized spacial score (nSPS) is 14.6. The highest BCUT2D eigenvalue weighted by Gasteiger charge is 2.37. The van der Waals surface area contributed by atoms with Crippen LogP contribution in [0.1, 0.15) is 41.0 Å². The zero-order chi connectivity index (χ0) is 14.4. The van der Waals surface area contributed by atoms with Crippen molar-refractivity contribution >= 4 is 14.3 Å². The highest BCUT2D eigenvalue weighted by Crippen LogP contribution is 2.30. The molecule has 4 nitrogen and oxygen atoms in total. The van der Waals surface area contributed by atoms with Crippen molar-refractivity contribution in [3.05, 3.63) is 0 Å². The number of carboxylic acids is 1. The maximum Gasteiger partial charge on any atom is 0.320 e. The van der Waals surface area contributed by atoms with Gasteiger partial charge < -0.3 is 14.8 Å². The van der Waals surface area contributed by atoms with E-state index in [1.54, 1.807) is 7.05 Å². The molecule has 0 spiro atoms. The fourth-order valence-corrected chi connectivity index (χ4v) is 5.59. The highest BCUT2D eigenvalue weighted by molar-refractivity contribution is 6.73. The Hall–Kier alpha value is -0.393. The van der Waals surface area contributed by atoms with Crippen LogP contribution in [0.15, 0.2) is 0 Å². The van der Waals surface area contributed by atoms with Gasteiger partial charge in [-0.2, -0.15) is 0 Å². The summed E-state index contributed by atoms with van der Waals surface area (Å²) in [6.45, 7) is 10.6. The van der Waals surface area contributed by atoms with E-state index in [0.29, 0.717) is 6.42 Å². The zero-order valence-electron chi connectivity index (χ0n) is 12.7. The monoisotopic (exact) mass is 275 g/mol. The van der Waals surface area contributed by atoms with E-state index in [2.05, 4.69) is 26.1 Å². The molecule has 0 fully saturated rings. The Bertz CT molecular complexity index is 257. The first-order valence-corrected chi connectivity index (χ1v) is 9.39. The van der Waals surface area contributed by atoms with E-state index in [4.69, 9.17) is 9.53 Å². The Morgan fingerprint density at radius 1 is 1.28 bits per heavy atom. The zero-order valence-corrected chi connectivity index (χ0v) is 13.7. The van der Waals surface area contributed by atoms with Gasteiger partial charge in [0.05, 0.1) is 5.60 Å². The lowest BCUT2D eigenvalue weighted by Gasteiger charge is -2.39. The molecule has 18 heavy (non-hydrogen) atoms. The van der Waals surface area contributed by atoms with Crippen LogP contribution in [0.3, 0.4) is 0 Å². The largest absolute Gasteiger partial charge is 0.480 e. The third kappa shape index (κ3) is 5.08. The van der Waals surface area contributed by atoms with Crippen molar-refractivity contribution < 1.29 is 14.3 Å². The second-order valence-electron chi connectivity index (χ2n) is 5.49. The van der Waals surface area contributed by atoms with Gasteiger partial charge in [0.1, 0.15) is 6.04 Å². The summed E-state index contributed by atoms with van der Waals surface area (Å²) in [6.07, 6.45) is 0.494. The quantitative estimate of drug-likeness (QED) is 0.635. The van der Waals surface area contributed by atoms with Crippen molar-refractivity contribution in [2.45, 2.75) is 70.8 Å². The molecule has 0 amide bonds. The summed E-state index contributed by atoms with van der Waals surface area (Å²) < 4.78 is 6.39. The van der Waals surface area contributed by atoms with Gasteiger partial charge in [-0.15, -0.1) is 0 Å². The minimum atomic E-state index is -1.69. The average Bonchev–Trinajstić information content (AvgIpc) is 2.33. The topological polar surface area (TPSA) is 58.6 Å². The Morgan fingerprint density at radius 2 is 1.72 bits per heavy atom. The van der Waals surface area contributed by atoms with Crippen molar-refractivity contribution in [3.63, 3.8) is 0 Å². The summed E-state index contributed by atoms with van der Waals surface area (Å²) in [4.78, 5) is 11.1. The molecule has 0 aliphatic carbocycles. The number of aliphatic carboxylic acids is 1. The molecule has 0 aliphatic heterocycles. The molecule has 1 atom stereocenters. The van der Waals surface area contributed by atoms with Crippen LogP contribution in [-0.2, 0) is 9.22 Å². The minimum Gasteiger partial charge on any atom is -0.480 e. The summed E-state index contributed by atoms with van der Waals surface area (Å²) in [5.74, 6) is -0.814. The Kier molecular flexibility index (Phi) is 7.10. The molecule has 5 heteroatoms. The van der Waals surface area contributed by atoms with Crippen LogP contribution >= 0.6 is 0 Å². The predicted molar refractivity (Wildman–Crippen MR) is 77.5 cm³/mol. The van der Waals surface area contributed by atoms with E-state index in [0.717, 1.165) is 18.1 Å². The maximum atomic E-state index is 11.1. The molecule has 0 heterocycles. The fraction of sp³-hybridized carbons (Fsp3) is 0.923. The van der Waals surface area contributed by atoms with E-state index in [9.17, 15) is 4.79 Å². The van der Waals surface area contributed by atoms with Gasteiger partial charge in [-0.3, -0.25) is 4.79 Å². The van der Waals surface area contributed by atoms with Crippen LogP contribution in [-0.4, -0.2) is 38.1 Å². The van der Waals surface area contributed by atoms with Crippen molar-refractivity contribution in [1.82, 2.24) is 5.32 Å². The SMILES string of the molecule is CC[Si](CC)(CC)OC(C)(C)C[C@H](NC)C(=O)O. The Labute approximate surface area is 112 Å². The minimum absolute atomic E-state index is 0.389. The van der Waals surface area contributed by atoms with Crippen LogP contribution < -0.4 is 5.32 Å². The van der Waals surface area contributed by atoms with Gasteiger partial charge in [-0.05, 0) is 39.0 Å². The standard InChI is InChI=1S/C13H29NO3Si/c1-7-18(8-2,9-3)17-13(4,5)10-11(14-6)12(15)16/h11,14H,7-10H2,1-6H3,(H,15,16)/t11-/m0/s1. The second kappa shape index (κ2) is 7.26. The van der Waals surface area contributed by atoms with E-state index in [1.807, 2.05) is 13.8 Å². The lowest BCUT2D eigenvalue weighted by molar-refractivity contribution is -0.140. The molecule has 0 saturated carbocycles. The van der Waals surface area contributed by atoms with Gasteiger partial charge >= 0.3 is 5.97 Å². The van der Waals surface area contributed by atoms with Crippen molar-refractivity contribution in [1.29, 1.82) is 0 Å². The van der Waals surface area contributed by atoms with Crippen molar-refractivity contribution in [2.24, 2.45) is 0 Å². The molecule has 0 saturated heterocycles. The van der Waals surface area contributed by atoms with Gasteiger partial charge in [0.25, 0.3) is 0 Å². The van der Waals surface area contributed by atoms with E-state index in [-0.39, 0.29) is 5.60 Å². The molecule has 0 aliphatic rings. The number of hydrogen-bond donors (Lipinski definition) is 2. The Morgan fingerprint density at radius 3 is 2.00 bits per heavy atom. The van der Waals surface area contributed by atoms with Crippen molar-refractivity contribution in [3.8, 4) is 0 Å². The molecule has 0 aromatic rings. The summed E-state index contributed by atoms with van der Waals surface area (Å²) in [6, 6.07) is 2.71. The third-order valence-electron chi connectivity index (χ3n) is 3.77. The van der Waals surface area contributed by atoms with Gasteiger partial charge in [0.15, 0.2) is 8.32 Å². The van der Waals surface area contributed by atoms with E-state index >= 15 is 0 Å². The summed E-state index contributed by atoms with van der Waals surface area (Å²) in [5.41, 5.74) is -0.389. The molecule has 0 aromatic heterocycles. The lowest BCUT2D eigenvalue weighted by Crippen LogP contribution is -2.48. The van der Waals surface area contributed by atoms with E-state index < -0.39 is 20.3 Å². The first-order valence-electron chi connectivity index (χ1n) is 6.86. The van der Waals surface area contributed by atoms with Crippen LogP contribution in [0.5, 0.6) is 0 Å². The number of carboxylic acid groups (broad SMARTS) is 1. The fourth-order valence-electron chi connectivity index (χ4n) is 2.40. The Balaban J connectivity index is 4.76. The maximum absolute atomic E-state index is 11.1. The number of nitrogens with one attached hydrogen (secondary N) is 1. The van der Waals surface area contributed by atoms with Crippen LogP contribution in [0.4, 0.5) is 0 Å². The molecule has 2 N–H and O–H groups in total. The van der Waals surface area contributed by atoms with Crippen molar-refractivity contribution in [2.75, 3.05) is 7.05 Å². The summed E-state index contributed by atoms with van der Waals surface area (Å²) >= 11 is 0. The first kappa shape index (κ1) is 17.6. The van der Waals surface area contributed by atoms with Crippen LogP contribution in [0.25, 0.3) is 0 Å². The number of rotatable bonds is 9. The number of carbonyl (C=O) groups is 1. The van der Waals surface area contributed by atoms with Gasteiger partial charge in [0.2, 0.25) is 0 Å². The van der Waals surface area contributed by atoms with Gasteiger partial charge in [-0.1, -0.05) is 20.8 Å². The second-order valence-corrected chi connectivity index (χ2v) is 10.2. The molecule has 0 rings (SSSR count). The van der Waals surface area contributed by atoms with E-state index in [1.165, 1.54) is 0 Å². The predicted octanol–water partition coefficient (Wildman–Crippen LogP) is 2.85. The summed E-state index contributed by atoms with van der Waals surface area (Å²) in [5, 5.41) is 11.9. The smallest absolute Gasteiger partial charge is 0.320 e. The molecule has 108 valence electrons. The summed E-state index contributed by atoms with van der Waals surface area (Å²) in [7, 11) is -0.00832. The van der Waals surface area contributed by atoms with Crippen LogP contribution in [0, 0.1) is 0 Å². The highest BCUT2D eigenvalue weighted by atomic mass is 28.4. The average molecular weight is 275 g/mol. The molecular weight excluding hydrogens is 246 g/mol. The molecule has 0 unspecified atom stereocenters. The molecule has 0 radical (unpaired) electrons. The molecule has 0 bridgehead atoms. The third-order valence-corrected chi connectivity index (χ3v) is 8.62. The molecular formula is C13H29NO3Si. The van der Waals surface area contributed by atoms with Crippen LogP contribution in [0.2, 0.25) is 18.1 Å². The first-order chi connectivity index (χ1) is 8.25. The molecule has 0 aromatic carbocycles. The number of likely N-dealkylation sites (N-methyl/N-ethyl adjacent to an activating group) is 1. The lowest BCUT2D eigenvalue weighted by atomic mass is 9.99. The number of hydrogen-bond acceptors (Lipinski definition) is 3.